The summed E-state index contributed by atoms with van der Waals surface area (Å²) in [6, 6.07) is 17.9. The van der Waals surface area contributed by atoms with Gasteiger partial charge in [-0.05, 0) is 59.4 Å². The lowest BCUT2D eigenvalue weighted by atomic mass is 10.0. The predicted molar refractivity (Wildman–Crippen MR) is 122 cm³/mol. The van der Waals surface area contributed by atoms with Crippen LogP contribution >= 0.6 is 15.9 Å². The number of nitrogens with one attached hydrogen (secondary N) is 2. The van der Waals surface area contributed by atoms with Crippen LogP contribution < -0.4 is 15.5 Å². The molecule has 0 fully saturated rings. The highest BCUT2D eigenvalue weighted by molar-refractivity contribution is 9.10. The van der Waals surface area contributed by atoms with E-state index < -0.39 is 11.9 Å². The fourth-order valence-corrected chi connectivity index (χ4v) is 3.40. The summed E-state index contributed by atoms with van der Waals surface area (Å²) in [5.41, 5.74) is 3.79. The average Bonchev–Trinajstić information content (AvgIpc) is 2.75. The second kappa shape index (κ2) is 10.0. The third kappa shape index (κ3) is 5.04. The van der Waals surface area contributed by atoms with Crippen LogP contribution in [0.4, 0.5) is 0 Å². The highest BCUT2D eigenvalue weighted by Crippen LogP contribution is 2.27. The van der Waals surface area contributed by atoms with Crippen LogP contribution in [0.5, 0.6) is 5.75 Å². The third-order valence-electron chi connectivity index (χ3n) is 4.46. The number of ether oxygens (including phenoxy) is 1. The van der Waals surface area contributed by atoms with Crippen LogP contribution in [0.25, 0.3) is 10.8 Å². The molecule has 154 valence electrons. The molecule has 0 saturated heterocycles. The largest absolute Gasteiger partial charge is 0.493 e. The van der Waals surface area contributed by atoms with E-state index in [1.165, 1.54) is 0 Å². The first kappa shape index (κ1) is 21.5. The number of amides is 2. The molecule has 0 saturated carbocycles. The molecular formula is C23H22BrN3O3. The van der Waals surface area contributed by atoms with Gasteiger partial charge < -0.3 is 10.1 Å². The van der Waals surface area contributed by atoms with Crippen LogP contribution in [0.3, 0.4) is 0 Å². The average molecular weight is 468 g/mol. The van der Waals surface area contributed by atoms with E-state index in [4.69, 9.17) is 4.74 Å². The molecule has 0 heterocycles. The summed E-state index contributed by atoms with van der Waals surface area (Å²) in [5.74, 6) is 0.0474. The van der Waals surface area contributed by atoms with Gasteiger partial charge >= 0.3 is 0 Å². The second-order valence-corrected chi connectivity index (χ2v) is 7.40. The number of benzene rings is 3. The van der Waals surface area contributed by atoms with Gasteiger partial charge in [0, 0.05) is 15.4 Å². The van der Waals surface area contributed by atoms with Gasteiger partial charge in [0.05, 0.1) is 18.4 Å². The van der Waals surface area contributed by atoms with Crippen LogP contribution in [0.2, 0.25) is 0 Å². The predicted octanol–water partition coefficient (Wildman–Crippen LogP) is 4.27. The van der Waals surface area contributed by atoms with E-state index in [1.54, 1.807) is 31.3 Å². The van der Waals surface area contributed by atoms with Gasteiger partial charge in [-0.3, -0.25) is 9.59 Å². The zero-order valence-electron chi connectivity index (χ0n) is 16.7. The van der Waals surface area contributed by atoms with Gasteiger partial charge in [0.2, 0.25) is 0 Å². The van der Waals surface area contributed by atoms with Crippen molar-refractivity contribution in [1.82, 2.24) is 10.7 Å². The quantitative estimate of drug-likeness (QED) is 0.402. The molecule has 0 aliphatic rings. The molecule has 0 aromatic heterocycles. The van der Waals surface area contributed by atoms with Gasteiger partial charge in [0.15, 0.2) is 0 Å². The maximum atomic E-state index is 12.3. The highest BCUT2D eigenvalue weighted by Gasteiger charge is 2.17. The summed E-state index contributed by atoms with van der Waals surface area (Å²) in [6.45, 7) is 4.12. The number of rotatable bonds is 7. The molecule has 2 amide bonds. The summed E-state index contributed by atoms with van der Waals surface area (Å²) < 4.78 is 6.33. The lowest BCUT2D eigenvalue weighted by molar-refractivity contribution is -0.122. The number of fused-ring (bicyclic) bond motifs is 1. The van der Waals surface area contributed by atoms with Gasteiger partial charge in [0.1, 0.15) is 11.8 Å². The molecule has 7 heteroatoms. The van der Waals surface area contributed by atoms with E-state index in [0.717, 1.165) is 22.1 Å². The summed E-state index contributed by atoms with van der Waals surface area (Å²) in [4.78, 5) is 24.7. The summed E-state index contributed by atoms with van der Waals surface area (Å²) in [5, 5.41) is 8.67. The van der Waals surface area contributed by atoms with Crippen LogP contribution in [0.1, 0.15) is 29.8 Å². The van der Waals surface area contributed by atoms with Crippen molar-refractivity contribution in [3.8, 4) is 5.75 Å². The Labute approximate surface area is 183 Å². The Balaban J connectivity index is 1.66. The van der Waals surface area contributed by atoms with E-state index in [2.05, 4.69) is 31.8 Å². The SMILES string of the molecule is CCOc1ccc(C=NNC(=O)C(C)NC(=O)c2ccccc2Br)c2ccccc12. The number of carbonyl (C=O) groups is 2. The van der Waals surface area contributed by atoms with E-state index >= 15 is 0 Å². The van der Waals surface area contributed by atoms with E-state index in [1.807, 2.05) is 49.4 Å². The first-order chi connectivity index (χ1) is 14.5. The Morgan fingerprint density at radius 3 is 2.50 bits per heavy atom. The molecule has 2 N–H and O–H groups in total. The Morgan fingerprint density at radius 2 is 1.77 bits per heavy atom. The Bertz CT molecular complexity index is 1100. The zero-order chi connectivity index (χ0) is 21.5. The normalized spacial score (nSPS) is 12.0. The standard InChI is InChI=1S/C23H22BrN3O3/c1-3-30-21-13-12-16(17-8-4-5-9-18(17)21)14-25-27-22(28)15(2)26-23(29)19-10-6-7-11-20(19)24/h4-15H,3H2,1-2H3,(H,26,29)(H,27,28). The van der Waals surface area contributed by atoms with Crippen molar-refractivity contribution in [1.29, 1.82) is 0 Å². The minimum absolute atomic E-state index is 0.341. The van der Waals surface area contributed by atoms with Gasteiger partial charge in [-0.1, -0.05) is 36.4 Å². The Kier molecular flexibility index (Phi) is 7.19. The molecule has 30 heavy (non-hydrogen) atoms. The highest BCUT2D eigenvalue weighted by atomic mass is 79.9. The fraction of sp³-hybridized carbons (Fsp3) is 0.174. The molecular weight excluding hydrogens is 446 g/mol. The molecule has 0 bridgehead atoms. The second-order valence-electron chi connectivity index (χ2n) is 6.54. The molecule has 6 nitrogen and oxygen atoms in total. The third-order valence-corrected chi connectivity index (χ3v) is 5.15. The van der Waals surface area contributed by atoms with Crippen LogP contribution in [0.15, 0.2) is 70.2 Å². The maximum Gasteiger partial charge on any atom is 0.262 e. The van der Waals surface area contributed by atoms with Gasteiger partial charge in [-0.15, -0.1) is 0 Å². The first-order valence-electron chi connectivity index (χ1n) is 9.54. The molecule has 3 aromatic carbocycles. The van der Waals surface area contributed by atoms with E-state index in [0.29, 0.717) is 16.6 Å². The molecule has 0 spiro atoms. The zero-order valence-corrected chi connectivity index (χ0v) is 18.3. The Hall–Kier alpha value is -3.19. The van der Waals surface area contributed by atoms with Gasteiger partial charge in [0.25, 0.3) is 11.8 Å². The van der Waals surface area contributed by atoms with E-state index in [9.17, 15) is 9.59 Å². The van der Waals surface area contributed by atoms with Crippen LogP contribution in [-0.2, 0) is 4.79 Å². The van der Waals surface area contributed by atoms with Crippen molar-refractivity contribution in [3.63, 3.8) is 0 Å². The minimum atomic E-state index is -0.751. The molecule has 1 atom stereocenters. The van der Waals surface area contributed by atoms with Crippen LogP contribution in [-0.4, -0.2) is 30.7 Å². The first-order valence-corrected chi connectivity index (χ1v) is 10.3. The monoisotopic (exact) mass is 467 g/mol. The van der Waals surface area contributed by atoms with Crippen molar-refractivity contribution in [2.75, 3.05) is 6.61 Å². The number of nitrogens with zero attached hydrogens (tertiary/aromatic N) is 1. The summed E-state index contributed by atoms with van der Waals surface area (Å²) in [6.07, 6.45) is 1.58. The van der Waals surface area contributed by atoms with Crippen molar-refractivity contribution < 1.29 is 14.3 Å². The topological polar surface area (TPSA) is 79.8 Å². The number of hydrogen-bond acceptors (Lipinski definition) is 4. The van der Waals surface area contributed by atoms with Crippen molar-refractivity contribution in [3.05, 3.63) is 76.3 Å². The Morgan fingerprint density at radius 1 is 1.07 bits per heavy atom. The lowest BCUT2D eigenvalue weighted by Gasteiger charge is -2.13. The summed E-state index contributed by atoms with van der Waals surface area (Å²) >= 11 is 3.33. The number of hydrogen-bond donors (Lipinski definition) is 2. The molecule has 1 unspecified atom stereocenters. The van der Waals surface area contributed by atoms with Crippen molar-refractivity contribution >= 4 is 44.7 Å². The van der Waals surface area contributed by atoms with Crippen molar-refractivity contribution in [2.24, 2.45) is 5.10 Å². The number of halogens is 1. The van der Waals surface area contributed by atoms with Crippen molar-refractivity contribution in [2.45, 2.75) is 19.9 Å². The fourth-order valence-electron chi connectivity index (χ4n) is 2.94. The molecule has 0 aliphatic carbocycles. The molecule has 0 radical (unpaired) electrons. The lowest BCUT2D eigenvalue weighted by Crippen LogP contribution is -2.43. The van der Waals surface area contributed by atoms with Gasteiger partial charge in [-0.25, -0.2) is 5.43 Å². The smallest absolute Gasteiger partial charge is 0.262 e. The van der Waals surface area contributed by atoms with E-state index in [-0.39, 0.29) is 5.91 Å². The van der Waals surface area contributed by atoms with Crippen LogP contribution in [0, 0.1) is 0 Å². The number of carbonyl (C=O) groups excluding carboxylic acids is 2. The molecule has 3 rings (SSSR count). The summed E-state index contributed by atoms with van der Waals surface area (Å²) in [7, 11) is 0. The number of hydrazone groups is 1. The maximum absolute atomic E-state index is 12.3. The minimum Gasteiger partial charge on any atom is -0.493 e. The molecule has 3 aromatic rings. The van der Waals surface area contributed by atoms with Gasteiger partial charge in [-0.2, -0.15) is 5.10 Å². The molecule has 0 aliphatic heterocycles.